The van der Waals surface area contributed by atoms with Crippen molar-refractivity contribution in [3.05, 3.63) is 65.4 Å². The Labute approximate surface area is 151 Å². The van der Waals surface area contributed by atoms with Crippen molar-refractivity contribution in [2.45, 2.75) is 13.8 Å². The molecule has 0 aliphatic heterocycles. The number of carbonyl (C=O) groups excluding carboxylic acids is 1. The minimum atomic E-state index is -0.418. The zero-order valence-electron chi connectivity index (χ0n) is 14.7. The molecule has 0 bridgehead atoms. The van der Waals surface area contributed by atoms with E-state index in [4.69, 9.17) is 10.1 Å². The lowest BCUT2D eigenvalue weighted by Gasteiger charge is -2.11. The molecule has 132 valence electrons. The van der Waals surface area contributed by atoms with Crippen LogP contribution in [0.5, 0.6) is 0 Å². The Bertz CT molecular complexity index is 932. The second kappa shape index (κ2) is 7.65. The van der Waals surface area contributed by atoms with Crippen LogP contribution in [0.2, 0.25) is 0 Å². The number of benzene rings is 2. The largest absolute Gasteiger partial charge is 0.461 e. The Balaban J connectivity index is 1.93. The Morgan fingerprint density at radius 1 is 1.27 bits per heavy atom. The molecule has 0 saturated carbocycles. The van der Waals surface area contributed by atoms with Gasteiger partial charge in [0.05, 0.1) is 12.3 Å². The van der Waals surface area contributed by atoms with Crippen molar-refractivity contribution in [1.82, 2.24) is 10.2 Å². The predicted molar refractivity (Wildman–Crippen MR) is 102 cm³/mol. The highest BCUT2D eigenvalue weighted by atomic mass is 16.5. The number of nitrogens with zero attached hydrogens (tertiary/aromatic N) is 1. The SMILES string of the molecule is CCOC(=O)c1[nH]nc(-c2ccc(Nc3ccccc3)c(C=N)c2)c1C. The molecule has 0 fully saturated rings. The van der Waals surface area contributed by atoms with Crippen molar-refractivity contribution in [1.29, 1.82) is 5.41 Å². The number of rotatable bonds is 6. The first-order valence-electron chi connectivity index (χ1n) is 8.33. The summed E-state index contributed by atoms with van der Waals surface area (Å²) in [6, 6.07) is 15.5. The normalized spacial score (nSPS) is 10.4. The van der Waals surface area contributed by atoms with Crippen LogP contribution >= 0.6 is 0 Å². The van der Waals surface area contributed by atoms with Crippen molar-refractivity contribution >= 4 is 23.6 Å². The first-order valence-corrected chi connectivity index (χ1v) is 8.33. The number of ether oxygens (including phenoxy) is 1. The molecule has 0 amide bonds. The third-order valence-electron chi connectivity index (χ3n) is 4.02. The number of carbonyl (C=O) groups is 1. The summed E-state index contributed by atoms with van der Waals surface area (Å²) in [5.74, 6) is -0.418. The number of para-hydroxylation sites is 1. The lowest BCUT2D eigenvalue weighted by atomic mass is 10.0. The van der Waals surface area contributed by atoms with E-state index in [1.165, 1.54) is 6.21 Å². The lowest BCUT2D eigenvalue weighted by molar-refractivity contribution is 0.0518. The Morgan fingerprint density at radius 2 is 2.04 bits per heavy atom. The molecule has 3 N–H and O–H groups in total. The highest BCUT2D eigenvalue weighted by molar-refractivity contribution is 5.93. The summed E-state index contributed by atoms with van der Waals surface area (Å²) in [4.78, 5) is 12.0. The zero-order valence-corrected chi connectivity index (χ0v) is 14.7. The van der Waals surface area contributed by atoms with E-state index in [0.29, 0.717) is 18.0 Å². The summed E-state index contributed by atoms with van der Waals surface area (Å²) in [6.45, 7) is 3.90. The zero-order chi connectivity index (χ0) is 18.5. The van der Waals surface area contributed by atoms with Crippen molar-refractivity contribution in [2.75, 3.05) is 11.9 Å². The van der Waals surface area contributed by atoms with Crippen LogP contribution in [0.15, 0.2) is 48.5 Å². The van der Waals surface area contributed by atoms with Crippen molar-refractivity contribution < 1.29 is 9.53 Å². The Hall–Kier alpha value is -3.41. The molecule has 6 heteroatoms. The van der Waals surface area contributed by atoms with Gasteiger partial charge >= 0.3 is 5.97 Å². The number of aromatic amines is 1. The molecule has 3 aromatic rings. The number of aromatic nitrogens is 2. The standard InChI is InChI=1S/C20H20N4O2/c1-3-26-20(25)19-13(2)18(23-24-19)14-9-10-17(15(11-14)12-21)22-16-7-5-4-6-8-16/h4-12,21-22H,3H2,1-2H3,(H,23,24). The molecule has 2 aromatic carbocycles. The molecule has 0 aliphatic rings. The molecule has 0 spiro atoms. The van der Waals surface area contributed by atoms with Crippen LogP contribution in [0.3, 0.4) is 0 Å². The van der Waals surface area contributed by atoms with Gasteiger partial charge in [-0.2, -0.15) is 5.10 Å². The van der Waals surface area contributed by atoms with Gasteiger partial charge in [-0.15, -0.1) is 0 Å². The van der Waals surface area contributed by atoms with E-state index in [1.54, 1.807) is 6.92 Å². The average molecular weight is 348 g/mol. The van der Waals surface area contributed by atoms with Crippen LogP contribution in [-0.2, 0) is 4.74 Å². The van der Waals surface area contributed by atoms with Crippen LogP contribution in [0.25, 0.3) is 11.3 Å². The van der Waals surface area contributed by atoms with E-state index in [1.807, 2.05) is 55.5 Å². The molecule has 3 rings (SSSR count). The van der Waals surface area contributed by atoms with E-state index in [-0.39, 0.29) is 0 Å². The average Bonchev–Trinajstić information content (AvgIpc) is 3.04. The van der Waals surface area contributed by atoms with Gasteiger partial charge in [0.2, 0.25) is 0 Å². The predicted octanol–water partition coefficient (Wildman–Crippen LogP) is 4.30. The molecular weight excluding hydrogens is 328 g/mol. The van der Waals surface area contributed by atoms with Crippen molar-refractivity contribution in [2.24, 2.45) is 0 Å². The van der Waals surface area contributed by atoms with Crippen LogP contribution in [0.4, 0.5) is 11.4 Å². The number of esters is 1. The van der Waals surface area contributed by atoms with Gasteiger partial charge in [-0.25, -0.2) is 4.79 Å². The summed E-state index contributed by atoms with van der Waals surface area (Å²) >= 11 is 0. The number of anilines is 2. The van der Waals surface area contributed by atoms with E-state index in [2.05, 4.69) is 15.5 Å². The van der Waals surface area contributed by atoms with Gasteiger partial charge in [0.25, 0.3) is 0 Å². The van der Waals surface area contributed by atoms with E-state index >= 15 is 0 Å². The van der Waals surface area contributed by atoms with Crippen LogP contribution in [-0.4, -0.2) is 29.0 Å². The van der Waals surface area contributed by atoms with Gasteiger partial charge in [0, 0.05) is 34.3 Å². The number of hydrogen-bond acceptors (Lipinski definition) is 5. The fourth-order valence-electron chi connectivity index (χ4n) is 2.70. The molecule has 26 heavy (non-hydrogen) atoms. The van der Waals surface area contributed by atoms with E-state index < -0.39 is 5.97 Å². The maximum absolute atomic E-state index is 12.0. The Morgan fingerprint density at radius 3 is 2.73 bits per heavy atom. The highest BCUT2D eigenvalue weighted by Crippen LogP contribution is 2.28. The van der Waals surface area contributed by atoms with Gasteiger partial charge in [-0.3, -0.25) is 5.10 Å². The van der Waals surface area contributed by atoms with Gasteiger partial charge in [0.15, 0.2) is 0 Å². The maximum atomic E-state index is 12.0. The van der Waals surface area contributed by atoms with Gasteiger partial charge in [-0.1, -0.05) is 24.3 Å². The molecule has 0 radical (unpaired) electrons. The van der Waals surface area contributed by atoms with Crippen LogP contribution in [0, 0.1) is 12.3 Å². The second-order valence-electron chi connectivity index (χ2n) is 5.73. The first-order chi connectivity index (χ1) is 12.6. The number of hydrogen-bond donors (Lipinski definition) is 3. The quantitative estimate of drug-likeness (QED) is 0.457. The fourth-order valence-corrected chi connectivity index (χ4v) is 2.70. The molecule has 0 saturated heterocycles. The molecule has 0 unspecified atom stereocenters. The smallest absolute Gasteiger partial charge is 0.356 e. The minimum Gasteiger partial charge on any atom is -0.461 e. The van der Waals surface area contributed by atoms with E-state index in [9.17, 15) is 4.79 Å². The lowest BCUT2D eigenvalue weighted by Crippen LogP contribution is -2.06. The number of nitrogens with one attached hydrogen (secondary N) is 3. The summed E-state index contributed by atoms with van der Waals surface area (Å²) in [5, 5.41) is 18.0. The summed E-state index contributed by atoms with van der Waals surface area (Å²) in [5.41, 5.74) is 5.07. The van der Waals surface area contributed by atoms with Crippen LogP contribution in [0.1, 0.15) is 28.5 Å². The maximum Gasteiger partial charge on any atom is 0.356 e. The number of H-pyrrole nitrogens is 1. The summed E-state index contributed by atoms with van der Waals surface area (Å²) < 4.78 is 5.03. The third-order valence-corrected chi connectivity index (χ3v) is 4.02. The monoisotopic (exact) mass is 348 g/mol. The first kappa shape index (κ1) is 17.4. The highest BCUT2D eigenvalue weighted by Gasteiger charge is 2.18. The van der Waals surface area contributed by atoms with Gasteiger partial charge in [-0.05, 0) is 38.1 Å². The summed E-state index contributed by atoms with van der Waals surface area (Å²) in [7, 11) is 0. The van der Waals surface area contributed by atoms with Gasteiger partial charge < -0.3 is 15.5 Å². The molecule has 1 heterocycles. The molecule has 1 aromatic heterocycles. The minimum absolute atomic E-state index is 0.310. The molecule has 0 atom stereocenters. The van der Waals surface area contributed by atoms with Crippen molar-refractivity contribution in [3.63, 3.8) is 0 Å². The molecule has 0 aliphatic carbocycles. The summed E-state index contributed by atoms with van der Waals surface area (Å²) in [6.07, 6.45) is 1.29. The second-order valence-corrected chi connectivity index (χ2v) is 5.73. The fraction of sp³-hybridized carbons (Fsp3) is 0.150. The molecule has 6 nitrogen and oxygen atoms in total. The van der Waals surface area contributed by atoms with Crippen LogP contribution < -0.4 is 5.32 Å². The molecular formula is C20H20N4O2. The van der Waals surface area contributed by atoms with Gasteiger partial charge in [0.1, 0.15) is 5.69 Å². The van der Waals surface area contributed by atoms with Crippen molar-refractivity contribution in [3.8, 4) is 11.3 Å². The topological polar surface area (TPSA) is 90.9 Å². The van der Waals surface area contributed by atoms with E-state index in [0.717, 1.165) is 28.1 Å². The third kappa shape index (κ3) is 3.49. The Kier molecular flexibility index (Phi) is 5.12.